The van der Waals surface area contributed by atoms with E-state index in [1.807, 2.05) is 5.38 Å². The van der Waals surface area contributed by atoms with E-state index >= 15 is 0 Å². The normalized spacial score (nSPS) is 11.5. The molecule has 25 heavy (non-hydrogen) atoms. The van der Waals surface area contributed by atoms with Crippen LogP contribution >= 0.6 is 11.3 Å². The van der Waals surface area contributed by atoms with Gasteiger partial charge in [-0.25, -0.2) is 9.67 Å². The highest BCUT2D eigenvalue weighted by Crippen LogP contribution is 2.31. The van der Waals surface area contributed by atoms with E-state index in [2.05, 4.69) is 15.4 Å². The Balaban J connectivity index is 1.61. The molecular formula is C16H13F3N4OS. The number of benzene rings is 1. The van der Waals surface area contributed by atoms with Crippen molar-refractivity contribution in [1.29, 1.82) is 0 Å². The fourth-order valence-corrected chi connectivity index (χ4v) is 3.02. The summed E-state index contributed by atoms with van der Waals surface area (Å²) in [6.07, 6.45) is -0.753. The van der Waals surface area contributed by atoms with Crippen LogP contribution in [-0.4, -0.2) is 27.2 Å². The maximum Gasteiger partial charge on any atom is 0.417 e. The zero-order valence-corrected chi connectivity index (χ0v) is 13.6. The number of halogens is 3. The molecule has 130 valence electrons. The molecule has 0 radical (unpaired) electrons. The molecule has 9 heteroatoms. The third kappa shape index (κ3) is 4.05. The van der Waals surface area contributed by atoms with Gasteiger partial charge in [0, 0.05) is 30.7 Å². The number of rotatable bonds is 5. The first-order valence-corrected chi connectivity index (χ1v) is 8.22. The zero-order valence-electron chi connectivity index (χ0n) is 12.8. The molecule has 0 atom stereocenters. The van der Waals surface area contributed by atoms with Crippen LogP contribution in [0.4, 0.5) is 13.2 Å². The Morgan fingerprint density at radius 1 is 1.24 bits per heavy atom. The highest BCUT2D eigenvalue weighted by atomic mass is 32.1. The van der Waals surface area contributed by atoms with E-state index in [9.17, 15) is 18.0 Å². The van der Waals surface area contributed by atoms with Gasteiger partial charge in [-0.2, -0.15) is 18.3 Å². The minimum absolute atomic E-state index is 0.188. The first kappa shape index (κ1) is 17.2. The van der Waals surface area contributed by atoms with Crippen molar-refractivity contribution in [2.75, 3.05) is 6.54 Å². The van der Waals surface area contributed by atoms with Crippen LogP contribution in [-0.2, 0) is 12.6 Å². The first-order valence-electron chi connectivity index (χ1n) is 7.34. The Hall–Kier alpha value is -2.68. The van der Waals surface area contributed by atoms with Crippen LogP contribution in [0.3, 0.4) is 0 Å². The average Bonchev–Trinajstić information content (AvgIpc) is 3.25. The highest BCUT2D eigenvalue weighted by Gasteiger charge is 2.34. The zero-order chi connectivity index (χ0) is 17.9. The summed E-state index contributed by atoms with van der Waals surface area (Å²) >= 11 is 1.40. The second-order valence-electron chi connectivity index (χ2n) is 5.12. The molecule has 3 rings (SSSR count). The molecule has 2 heterocycles. The fraction of sp³-hybridized carbons (Fsp3) is 0.188. The lowest BCUT2D eigenvalue weighted by atomic mass is 10.1. The Morgan fingerprint density at radius 2 is 2.04 bits per heavy atom. The molecule has 0 fully saturated rings. The van der Waals surface area contributed by atoms with E-state index in [1.165, 1.54) is 23.5 Å². The number of thiazole rings is 1. The van der Waals surface area contributed by atoms with E-state index in [0.29, 0.717) is 11.6 Å². The third-order valence-electron chi connectivity index (χ3n) is 3.38. The van der Waals surface area contributed by atoms with Crippen molar-refractivity contribution in [3.05, 3.63) is 64.9 Å². The van der Waals surface area contributed by atoms with E-state index in [0.717, 1.165) is 17.8 Å². The van der Waals surface area contributed by atoms with Crippen LogP contribution in [0.15, 0.2) is 48.1 Å². The Morgan fingerprint density at radius 3 is 2.76 bits per heavy atom. The van der Waals surface area contributed by atoms with Crippen LogP contribution in [0.5, 0.6) is 0 Å². The highest BCUT2D eigenvalue weighted by molar-refractivity contribution is 7.12. The minimum atomic E-state index is -4.57. The smallest absolute Gasteiger partial charge is 0.352 e. The molecule has 0 saturated heterocycles. The topological polar surface area (TPSA) is 59.8 Å². The van der Waals surface area contributed by atoms with Gasteiger partial charge in [-0.05, 0) is 18.2 Å². The summed E-state index contributed by atoms with van der Waals surface area (Å²) in [5.41, 5.74) is -0.590. The van der Waals surface area contributed by atoms with E-state index in [-0.39, 0.29) is 12.1 Å². The number of aromatic nitrogens is 3. The number of hydrogen-bond donors (Lipinski definition) is 1. The molecule has 0 aliphatic rings. The molecule has 0 aliphatic heterocycles. The summed E-state index contributed by atoms with van der Waals surface area (Å²) < 4.78 is 40.4. The second-order valence-corrected chi connectivity index (χ2v) is 5.96. The van der Waals surface area contributed by atoms with Gasteiger partial charge in [0.1, 0.15) is 0 Å². The van der Waals surface area contributed by atoms with Gasteiger partial charge in [-0.1, -0.05) is 12.1 Å². The fourth-order valence-electron chi connectivity index (χ4n) is 2.23. The molecule has 1 N–H and O–H groups in total. The van der Waals surface area contributed by atoms with Crippen LogP contribution in [0.25, 0.3) is 5.13 Å². The molecular weight excluding hydrogens is 353 g/mol. The van der Waals surface area contributed by atoms with Gasteiger partial charge in [-0.15, -0.1) is 11.3 Å². The lowest BCUT2D eigenvalue weighted by Crippen LogP contribution is -2.28. The van der Waals surface area contributed by atoms with Gasteiger partial charge < -0.3 is 5.32 Å². The van der Waals surface area contributed by atoms with Gasteiger partial charge in [0.25, 0.3) is 5.91 Å². The van der Waals surface area contributed by atoms with Gasteiger partial charge in [0.15, 0.2) is 0 Å². The first-order chi connectivity index (χ1) is 11.9. The second kappa shape index (κ2) is 7.06. The molecule has 0 unspecified atom stereocenters. The minimum Gasteiger partial charge on any atom is -0.352 e. The van der Waals surface area contributed by atoms with Crippen molar-refractivity contribution in [3.8, 4) is 5.13 Å². The van der Waals surface area contributed by atoms with Crippen molar-refractivity contribution in [1.82, 2.24) is 20.1 Å². The molecule has 5 nitrogen and oxygen atoms in total. The van der Waals surface area contributed by atoms with E-state index in [4.69, 9.17) is 0 Å². The maximum absolute atomic E-state index is 12.9. The van der Waals surface area contributed by atoms with Crippen LogP contribution in [0.2, 0.25) is 0 Å². The summed E-state index contributed by atoms with van der Waals surface area (Å²) in [6.45, 7) is 0.188. The monoisotopic (exact) mass is 366 g/mol. The number of carbonyl (C=O) groups is 1. The standard InChI is InChI=1S/C16H13F3N4OS/c17-16(18,19)13-5-2-1-4-12(13)14(24)20-8-6-11-10-25-15(22-11)23-9-3-7-21-23/h1-5,7,9-10H,6,8H2,(H,20,24). The van der Waals surface area contributed by atoms with Gasteiger partial charge >= 0.3 is 6.18 Å². The van der Waals surface area contributed by atoms with E-state index in [1.54, 1.807) is 23.1 Å². The molecule has 3 aromatic rings. The summed E-state index contributed by atoms with van der Waals surface area (Å²) in [5.74, 6) is -0.754. The lowest BCUT2D eigenvalue weighted by molar-refractivity contribution is -0.137. The molecule has 0 spiro atoms. The molecule has 2 aromatic heterocycles. The molecule has 0 aliphatic carbocycles. The van der Waals surface area contributed by atoms with Crippen molar-refractivity contribution in [3.63, 3.8) is 0 Å². The SMILES string of the molecule is O=C(NCCc1csc(-n2cccn2)n1)c1ccccc1C(F)(F)F. The number of amides is 1. The maximum atomic E-state index is 12.9. The predicted molar refractivity (Wildman–Crippen MR) is 86.7 cm³/mol. The summed E-state index contributed by atoms with van der Waals surface area (Å²) in [4.78, 5) is 16.4. The van der Waals surface area contributed by atoms with E-state index < -0.39 is 17.6 Å². The van der Waals surface area contributed by atoms with Crippen LogP contribution < -0.4 is 5.32 Å². The Bertz CT molecular complexity index is 858. The number of hydrogen-bond acceptors (Lipinski definition) is 4. The predicted octanol–water partition coefficient (Wildman–Crippen LogP) is 3.32. The van der Waals surface area contributed by atoms with Crippen molar-refractivity contribution < 1.29 is 18.0 Å². The van der Waals surface area contributed by atoms with Crippen molar-refractivity contribution >= 4 is 17.2 Å². The number of nitrogens with one attached hydrogen (secondary N) is 1. The summed E-state index contributed by atoms with van der Waals surface area (Å²) in [6, 6.07) is 6.49. The number of nitrogens with zero attached hydrogens (tertiary/aromatic N) is 3. The summed E-state index contributed by atoms with van der Waals surface area (Å²) in [5, 5.41) is 9.09. The Labute approximate surface area is 145 Å². The van der Waals surface area contributed by atoms with Gasteiger partial charge in [0.05, 0.1) is 16.8 Å². The molecule has 1 amide bonds. The molecule has 0 bridgehead atoms. The quantitative estimate of drug-likeness (QED) is 0.754. The molecule has 0 saturated carbocycles. The largest absolute Gasteiger partial charge is 0.417 e. The van der Waals surface area contributed by atoms with Crippen molar-refractivity contribution in [2.24, 2.45) is 0 Å². The molecule has 1 aromatic carbocycles. The average molecular weight is 366 g/mol. The van der Waals surface area contributed by atoms with Gasteiger partial charge in [0.2, 0.25) is 5.13 Å². The van der Waals surface area contributed by atoms with Crippen molar-refractivity contribution in [2.45, 2.75) is 12.6 Å². The van der Waals surface area contributed by atoms with Gasteiger partial charge in [-0.3, -0.25) is 4.79 Å². The third-order valence-corrected chi connectivity index (χ3v) is 4.26. The summed E-state index contributed by atoms with van der Waals surface area (Å²) in [7, 11) is 0. The lowest BCUT2D eigenvalue weighted by Gasteiger charge is -2.12. The number of alkyl halides is 3. The van der Waals surface area contributed by atoms with Crippen LogP contribution in [0.1, 0.15) is 21.6 Å². The Kier molecular flexibility index (Phi) is 4.84. The van der Waals surface area contributed by atoms with Crippen LogP contribution in [0, 0.1) is 0 Å². The number of carbonyl (C=O) groups excluding carboxylic acids is 1.